The molecule has 0 spiro atoms. The Morgan fingerprint density at radius 2 is 1.96 bits per heavy atom. The number of pyridine rings is 1. The Morgan fingerprint density at radius 1 is 1.09 bits per heavy atom. The molecule has 0 unspecified atom stereocenters. The Kier molecular flexibility index (Phi) is 4.49. The van der Waals surface area contributed by atoms with Crippen LogP contribution in [0, 0.1) is 0 Å². The van der Waals surface area contributed by atoms with Crippen LogP contribution in [-0.2, 0) is 4.79 Å². The zero-order valence-corrected chi connectivity index (χ0v) is 12.2. The van der Waals surface area contributed by atoms with E-state index in [1.54, 1.807) is 42.8 Å². The molecule has 1 aromatic carbocycles. The van der Waals surface area contributed by atoms with Gasteiger partial charge in [0.2, 0.25) is 11.8 Å². The van der Waals surface area contributed by atoms with E-state index in [9.17, 15) is 4.79 Å². The molecular formula is C18H14N2O3. The number of amides is 1. The average molecular weight is 306 g/mol. The molecule has 0 saturated carbocycles. The van der Waals surface area contributed by atoms with Gasteiger partial charge < -0.3 is 14.5 Å². The Balaban J connectivity index is 1.71. The third kappa shape index (κ3) is 4.07. The largest absolute Gasteiger partial charge is 0.465 e. The van der Waals surface area contributed by atoms with Gasteiger partial charge in [-0.05, 0) is 42.5 Å². The van der Waals surface area contributed by atoms with Crippen LogP contribution in [0.25, 0.3) is 6.08 Å². The first-order valence-electron chi connectivity index (χ1n) is 7.02. The van der Waals surface area contributed by atoms with Crippen molar-refractivity contribution in [2.24, 2.45) is 0 Å². The number of benzene rings is 1. The SMILES string of the molecule is O=C(C=Cc1ccco1)Nc1cccnc1Oc1ccccc1. The molecule has 0 saturated heterocycles. The van der Waals surface area contributed by atoms with Crippen LogP contribution in [0.5, 0.6) is 11.6 Å². The highest BCUT2D eigenvalue weighted by atomic mass is 16.5. The number of hydrogen-bond donors (Lipinski definition) is 1. The fraction of sp³-hybridized carbons (Fsp3) is 0. The molecule has 1 amide bonds. The quantitative estimate of drug-likeness (QED) is 0.720. The molecule has 5 heteroatoms. The number of rotatable bonds is 5. The molecule has 0 atom stereocenters. The van der Waals surface area contributed by atoms with Gasteiger partial charge in [0.05, 0.1) is 6.26 Å². The average Bonchev–Trinajstić information content (AvgIpc) is 3.09. The van der Waals surface area contributed by atoms with Crippen molar-refractivity contribution in [3.63, 3.8) is 0 Å². The molecule has 0 radical (unpaired) electrons. The standard InChI is InChI=1S/C18H14N2O3/c21-17(11-10-14-8-5-13-22-14)20-16-9-4-12-19-18(16)23-15-6-2-1-3-7-15/h1-13H,(H,20,21). The van der Waals surface area contributed by atoms with E-state index in [4.69, 9.17) is 9.15 Å². The number of nitrogens with zero attached hydrogens (tertiary/aromatic N) is 1. The number of carbonyl (C=O) groups is 1. The Bertz CT molecular complexity index is 796. The van der Waals surface area contributed by atoms with E-state index in [0.29, 0.717) is 23.1 Å². The van der Waals surface area contributed by atoms with Crippen molar-refractivity contribution < 1.29 is 13.9 Å². The Morgan fingerprint density at radius 3 is 2.74 bits per heavy atom. The fourth-order valence-electron chi connectivity index (χ4n) is 1.89. The topological polar surface area (TPSA) is 64.4 Å². The van der Waals surface area contributed by atoms with Gasteiger partial charge in [0.25, 0.3) is 0 Å². The zero-order valence-electron chi connectivity index (χ0n) is 12.2. The normalized spacial score (nSPS) is 10.6. The molecule has 5 nitrogen and oxygen atoms in total. The highest BCUT2D eigenvalue weighted by Gasteiger charge is 2.08. The summed E-state index contributed by atoms with van der Waals surface area (Å²) < 4.78 is 10.8. The molecule has 3 aromatic rings. The van der Waals surface area contributed by atoms with Crippen molar-refractivity contribution in [1.82, 2.24) is 4.98 Å². The predicted octanol–water partition coefficient (Wildman–Crippen LogP) is 4.12. The highest BCUT2D eigenvalue weighted by molar-refractivity contribution is 6.02. The zero-order chi connectivity index (χ0) is 15.9. The minimum absolute atomic E-state index is 0.299. The van der Waals surface area contributed by atoms with Crippen LogP contribution in [-0.4, -0.2) is 10.9 Å². The van der Waals surface area contributed by atoms with Crippen molar-refractivity contribution in [3.05, 3.63) is 78.9 Å². The molecule has 0 aliphatic heterocycles. The summed E-state index contributed by atoms with van der Waals surface area (Å²) in [4.78, 5) is 16.1. The second-order valence-corrected chi connectivity index (χ2v) is 4.61. The van der Waals surface area contributed by atoms with Crippen LogP contribution in [0.2, 0.25) is 0 Å². The molecule has 0 bridgehead atoms. The lowest BCUT2D eigenvalue weighted by molar-refractivity contribution is -0.111. The maximum Gasteiger partial charge on any atom is 0.248 e. The Labute approximate surface area is 133 Å². The first-order chi connectivity index (χ1) is 11.3. The second-order valence-electron chi connectivity index (χ2n) is 4.61. The molecule has 0 aliphatic rings. The van der Waals surface area contributed by atoms with Crippen molar-refractivity contribution >= 4 is 17.7 Å². The lowest BCUT2D eigenvalue weighted by atomic mass is 10.3. The summed E-state index contributed by atoms with van der Waals surface area (Å²) in [6.45, 7) is 0. The van der Waals surface area contributed by atoms with Crippen molar-refractivity contribution in [1.29, 1.82) is 0 Å². The summed E-state index contributed by atoms with van der Waals surface area (Å²) >= 11 is 0. The molecule has 2 aromatic heterocycles. The molecule has 3 rings (SSSR count). The summed E-state index contributed by atoms with van der Waals surface area (Å²) in [6, 6.07) is 16.2. The van der Waals surface area contributed by atoms with Gasteiger partial charge in [-0.3, -0.25) is 4.79 Å². The maximum atomic E-state index is 12.0. The molecule has 2 heterocycles. The maximum absolute atomic E-state index is 12.0. The third-order valence-corrected chi connectivity index (χ3v) is 2.93. The van der Waals surface area contributed by atoms with E-state index in [2.05, 4.69) is 10.3 Å². The predicted molar refractivity (Wildman–Crippen MR) is 87.1 cm³/mol. The van der Waals surface area contributed by atoms with Crippen LogP contribution in [0.15, 0.2) is 77.6 Å². The smallest absolute Gasteiger partial charge is 0.248 e. The summed E-state index contributed by atoms with van der Waals surface area (Å²) in [5.74, 6) is 1.28. The van der Waals surface area contributed by atoms with Crippen LogP contribution in [0.3, 0.4) is 0 Å². The number of furan rings is 1. The van der Waals surface area contributed by atoms with Gasteiger partial charge in [0.15, 0.2) is 0 Å². The summed E-state index contributed by atoms with van der Waals surface area (Å²) in [7, 11) is 0. The van der Waals surface area contributed by atoms with Gasteiger partial charge in [0.1, 0.15) is 17.2 Å². The van der Waals surface area contributed by atoms with Crippen molar-refractivity contribution in [2.75, 3.05) is 5.32 Å². The number of anilines is 1. The second kappa shape index (κ2) is 7.09. The van der Waals surface area contributed by atoms with E-state index in [-0.39, 0.29) is 5.91 Å². The van der Waals surface area contributed by atoms with Gasteiger partial charge in [-0.25, -0.2) is 4.98 Å². The molecular weight excluding hydrogens is 292 g/mol. The minimum Gasteiger partial charge on any atom is -0.465 e. The molecule has 23 heavy (non-hydrogen) atoms. The number of carbonyl (C=O) groups excluding carboxylic acids is 1. The van der Waals surface area contributed by atoms with Crippen LogP contribution < -0.4 is 10.1 Å². The number of nitrogens with one attached hydrogen (secondary N) is 1. The van der Waals surface area contributed by atoms with Gasteiger partial charge in [-0.1, -0.05) is 18.2 Å². The Hall–Kier alpha value is -3.34. The van der Waals surface area contributed by atoms with Crippen molar-refractivity contribution in [2.45, 2.75) is 0 Å². The monoisotopic (exact) mass is 306 g/mol. The highest BCUT2D eigenvalue weighted by Crippen LogP contribution is 2.26. The van der Waals surface area contributed by atoms with E-state index >= 15 is 0 Å². The van der Waals surface area contributed by atoms with E-state index < -0.39 is 0 Å². The molecule has 0 aliphatic carbocycles. The number of aromatic nitrogens is 1. The van der Waals surface area contributed by atoms with E-state index in [1.165, 1.54) is 6.08 Å². The lowest BCUT2D eigenvalue weighted by Gasteiger charge is -2.09. The summed E-state index contributed by atoms with van der Waals surface area (Å²) in [5, 5.41) is 2.74. The van der Waals surface area contributed by atoms with Gasteiger partial charge in [0, 0.05) is 12.3 Å². The lowest BCUT2D eigenvalue weighted by Crippen LogP contribution is -2.09. The molecule has 114 valence electrons. The fourth-order valence-corrected chi connectivity index (χ4v) is 1.89. The van der Waals surface area contributed by atoms with Crippen LogP contribution in [0.4, 0.5) is 5.69 Å². The number of ether oxygens (including phenoxy) is 1. The summed E-state index contributed by atoms with van der Waals surface area (Å²) in [5.41, 5.74) is 0.491. The number of hydrogen-bond acceptors (Lipinski definition) is 4. The van der Waals surface area contributed by atoms with Crippen molar-refractivity contribution in [3.8, 4) is 11.6 Å². The van der Waals surface area contributed by atoms with Crippen LogP contribution in [0.1, 0.15) is 5.76 Å². The first-order valence-corrected chi connectivity index (χ1v) is 7.02. The minimum atomic E-state index is -0.299. The van der Waals surface area contributed by atoms with Gasteiger partial charge in [-0.2, -0.15) is 0 Å². The molecule has 1 N–H and O–H groups in total. The first kappa shape index (κ1) is 14.6. The van der Waals surface area contributed by atoms with E-state index in [0.717, 1.165) is 0 Å². The summed E-state index contributed by atoms with van der Waals surface area (Å²) in [6.07, 6.45) is 6.12. The molecule has 0 fully saturated rings. The van der Waals surface area contributed by atoms with Gasteiger partial charge >= 0.3 is 0 Å². The van der Waals surface area contributed by atoms with E-state index in [1.807, 2.05) is 30.3 Å². The van der Waals surface area contributed by atoms with Gasteiger partial charge in [-0.15, -0.1) is 0 Å². The number of para-hydroxylation sites is 1. The third-order valence-electron chi connectivity index (χ3n) is 2.93. The van der Waals surface area contributed by atoms with Crippen LogP contribution >= 0.6 is 0 Å².